The zero-order chi connectivity index (χ0) is 33.7. The minimum absolute atomic E-state index is 0.558. The van der Waals surface area contributed by atoms with Gasteiger partial charge in [0, 0.05) is 27.3 Å². The van der Waals surface area contributed by atoms with E-state index in [4.69, 9.17) is 19.4 Å². The molecule has 10 aromatic rings. The number of furan rings is 1. The molecule has 0 bridgehead atoms. The van der Waals surface area contributed by atoms with Crippen molar-refractivity contribution in [2.24, 2.45) is 0 Å². The summed E-state index contributed by atoms with van der Waals surface area (Å²) in [5, 5.41) is 6.66. The second kappa shape index (κ2) is 11.9. The molecule has 4 heteroatoms. The fourth-order valence-corrected chi connectivity index (χ4v) is 7.31. The Morgan fingerprint density at radius 3 is 1.75 bits per heavy atom. The summed E-state index contributed by atoms with van der Waals surface area (Å²) in [6.07, 6.45) is 0. The molecule has 51 heavy (non-hydrogen) atoms. The van der Waals surface area contributed by atoms with Crippen molar-refractivity contribution in [1.29, 1.82) is 0 Å². The van der Waals surface area contributed by atoms with Gasteiger partial charge >= 0.3 is 0 Å². The van der Waals surface area contributed by atoms with Crippen LogP contribution in [0.2, 0.25) is 0 Å². The van der Waals surface area contributed by atoms with E-state index >= 15 is 0 Å². The quantitative estimate of drug-likeness (QED) is 0.174. The molecule has 0 amide bonds. The Morgan fingerprint density at radius 2 is 0.922 bits per heavy atom. The molecule has 0 saturated heterocycles. The molecule has 0 atom stereocenters. The van der Waals surface area contributed by atoms with Gasteiger partial charge < -0.3 is 4.42 Å². The molecule has 2 aromatic heterocycles. The molecule has 8 aromatic carbocycles. The van der Waals surface area contributed by atoms with Crippen LogP contribution >= 0.6 is 0 Å². The molecule has 10 rings (SSSR count). The second-order valence-electron chi connectivity index (χ2n) is 12.8. The highest BCUT2D eigenvalue weighted by Gasteiger charge is 2.21. The van der Waals surface area contributed by atoms with Crippen LogP contribution in [0, 0.1) is 0 Å². The lowest BCUT2D eigenvalue weighted by molar-refractivity contribution is 0.669. The van der Waals surface area contributed by atoms with E-state index in [9.17, 15) is 0 Å². The van der Waals surface area contributed by atoms with Crippen LogP contribution in [0.25, 0.3) is 99.9 Å². The van der Waals surface area contributed by atoms with E-state index in [1.54, 1.807) is 0 Å². The van der Waals surface area contributed by atoms with Crippen molar-refractivity contribution < 1.29 is 4.42 Å². The van der Waals surface area contributed by atoms with E-state index < -0.39 is 0 Å². The first-order valence-corrected chi connectivity index (χ1v) is 17.1. The molecule has 0 aliphatic heterocycles. The number of fused-ring (bicyclic) bond motifs is 6. The predicted octanol–water partition coefficient (Wildman–Crippen LogP) is 12.4. The molecule has 0 fully saturated rings. The van der Waals surface area contributed by atoms with Gasteiger partial charge in [-0.15, -0.1) is 0 Å². The van der Waals surface area contributed by atoms with Gasteiger partial charge in [0.2, 0.25) is 0 Å². The molecule has 0 aliphatic rings. The van der Waals surface area contributed by atoms with E-state index in [1.165, 1.54) is 5.39 Å². The fourth-order valence-electron chi connectivity index (χ4n) is 7.31. The Morgan fingerprint density at radius 1 is 0.333 bits per heavy atom. The summed E-state index contributed by atoms with van der Waals surface area (Å²) >= 11 is 0. The van der Waals surface area contributed by atoms with Gasteiger partial charge in [0.25, 0.3) is 0 Å². The third kappa shape index (κ3) is 4.96. The van der Waals surface area contributed by atoms with Gasteiger partial charge in [0.1, 0.15) is 11.2 Å². The van der Waals surface area contributed by atoms with Gasteiger partial charge in [-0.1, -0.05) is 152 Å². The maximum atomic E-state index is 6.51. The average molecular weight is 652 g/mol. The van der Waals surface area contributed by atoms with Crippen LogP contribution in [0.5, 0.6) is 0 Å². The van der Waals surface area contributed by atoms with E-state index in [-0.39, 0.29) is 0 Å². The average Bonchev–Trinajstić information content (AvgIpc) is 3.60. The summed E-state index contributed by atoms with van der Waals surface area (Å²) in [6, 6.07) is 61.0. The number of hydrogen-bond acceptors (Lipinski definition) is 4. The fraction of sp³-hybridized carbons (Fsp3) is 0. The van der Waals surface area contributed by atoms with Gasteiger partial charge in [-0.3, -0.25) is 0 Å². The number of hydrogen-bond donors (Lipinski definition) is 0. The minimum atomic E-state index is 0.558. The normalized spacial score (nSPS) is 11.5. The van der Waals surface area contributed by atoms with E-state index in [0.717, 1.165) is 77.0 Å². The third-order valence-electron chi connectivity index (χ3n) is 9.74. The summed E-state index contributed by atoms with van der Waals surface area (Å²) < 4.78 is 6.51. The minimum Gasteiger partial charge on any atom is -0.455 e. The lowest BCUT2D eigenvalue weighted by Crippen LogP contribution is -2.02. The van der Waals surface area contributed by atoms with Crippen LogP contribution in [0.3, 0.4) is 0 Å². The first kappa shape index (κ1) is 29.0. The molecule has 0 aliphatic carbocycles. The Labute approximate surface area is 294 Å². The van der Waals surface area contributed by atoms with Crippen LogP contribution in [0.4, 0.5) is 0 Å². The Balaban J connectivity index is 1.28. The van der Waals surface area contributed by atoms with Crippen molar-refractivity contribution in [3.63, 3.8) is 0 Å². The van der Waals surface area contributed by atoms with Crippen LogP contribution < -0.4 is 0 Å². The molecule has 0 radical (unpaired) electrons. The first-order valence-electron chi connectivity index (χ1n) is 17.1. The maximum absolute atomic E-state index is 6.51. The topological polar surface area (TPSA) is 51.8 Å². The van der Waals surface area contributed by atoms with Crippen molar-refractivity contribution >= 4 is 43.5 Å². The lowest BCUT2D eigenvalue weighted by Gasteiger charge is -2.15. The van der Waals surface area contributed by atoms with E-state index in [1.807, 2.05) is 36.4 Å². The number of nitrogens with zero attached hydrogens (tertiary/aromatic N) is 3. The lowest BCUT2D eigenvalue weighted by atomic mass is 9.94. The standard InChI is InChI=1S/C47H29N3O/c1-3-13-30(14-4-1)34-27-28-38(41(29-34)31-15-5-2-6-16-31)45-48-46(39-22-11-18-33-26-25-32-17-7-8-19-35(32)43(33)39)50-47(49-45)40-23-12-21-37-36-20-9-10-24-42(36)51-44(37)40/h1-29H. The van der Waals surface area contributed by atoms with Gasteiger partial charge in [-0.25, -0.2) is 15.0 Å². The summed E-state index contributed by atoms with van der Waals surface area (Å²) in [5.41, 5.74) is 8.69. The molecule has 2 heterocycles. The Bertz CT molecular complexity index is 2910. The highest BCUT2D eigenvalue weighted by Crippen LogP contribution is 2.40. The smallest absolute Gasteiger partial charge is 0.167 e. The molecular formula is C47H29N3O. The maximum Gasteiger partial charge on any atom is 0.167 e. The van der Waals surface area contributed by atoms with E-state index in [2.05, 4.69) is 140 Å². The number of rotatable bonds is 5. The largest absolute Gasteiger partial charge is 0.455 e. The van der Waals surface area contributed by atoms with Crippen LogP contribution in [-0.2, 0) is 0 Å². The highest BCUT2D eigenvalue weighted by atomic mass is 16.3. The third-order valence-corrected chi connectivity index (χ3v) is 9.74. The summed E-state index contributed by atoms with van der Waals surface area (Å²) in [7, 11) is 0. The van der Waals surface area contributed by atoms with Gasteiger partial charge in [-0.2, -0.15) is 0 Å². The van der Waals surface area contributed by atoms with Crippen LogP contribution in [0.1, 0.15) is 0 Å². The van der Waals surface area contributed by atoms with Crippen LogP contribution in [0.15, 0.2) is 180 Å². The molecule has 0 saturated carbocycles. The van der Waals surface area contributed by atoms with Gasteiger partial charge in [0.15, 0.2) is 17.5 Å². The molecule has 0 spiro atoms. The zero-order valence-electron chi connectivity index (χ0n) is 27.5. The van der Waals surface area contributed by atoms with Crippen molar-refractivity contribution in [1.82, 2.24) is 15.0 Å². The molecule has 0 N–H and O–H groups in total. The first-order chi connectivity index (χ1) is 25.3. The van der Waals surface area contributed by atoms with Crippen molar-refractivity contribution in [3.05, 3.63) is 176 Å². The summed E-state index contributed by atoms with van der Waals surface area (Å²) in [6.45, 7) is 0. The monoisotopic (exact) mass is 651 g/mol. The molecule has 0 unspecified atom stereocenters. The van der Waals surface area contributed by atoms with Crippen LogP contribution in [-0.4, -0.2) is 15.0 Å². The second-order valence-corrected chi connectivity index (χ2v) is 12.8. The molecule has 238 valence electrons. The van der Waals surface area contributed by atoms with Crippen molar-refractivity contribution in [2.75, 3.05) is 0 Å². The summed E-state index contributed by atoms with van der Waals surface area (Å²) in [5.74, 6) is 1.76. The zero-order valence-corrected chi connectivity index (χ0v) is 27.5. The number of aromatic nitrogens is 3. The summed E-state index contributed by atoms with van der Waals surface area (Å²) in [4.78, 5) is 15.8. The Kier molecular flexibility index (Phi) is 6.78. The highest BCUT2D eigenvalue weighted by molar-refractivity contribution is 6.14. The van der Waals surface area contributed by atoms with Gasteiger partial charge in [0.05, 0.1) is 5.56 Å². The number of benzene rings is 8. The van der Waals surface area contributed by atoms with Gasteiger partial charge in [-0.05, 0) is 62.7 Å². The Hall–Kier alpha value is -6.91. The van der Waals surface area contributed by atoms with Crippen molar-refractivity contribution in [3.8, 4) is 56.4 Å². The SMILES string of the molecule is c1ccc(-c2ccc(-c3nc(-c4cccc5c4oc4ccccc45)nc(-c4cccc5ccc6ccccc6c45)n3)c(-c3ccccc3)c2)cc1. The van der Waals surface area contributed by atoms with E-state index in [0.29, 0.717) is 17.5 Å². The molecular weight excluding hydrogens is 623 g/mol. The number of para-hydroxylation sites is 2. The molecule has 4 nitrogen and oxygen atoms in total. The van der Waals surface area contributed by atoms with Crippen molar-refractivity contribution in [2.45, 2.75) is 0 Å². The predicted molar refractivity (Wildman–Crippen MR) is 209 cm³/mol.